The van der Waals surface area contributed by atoms with Crippen LogP contribution >= 0.6 is 0 Å². The number of rotatable bonds is 2. The first-order valence-corrected chi connectivity index (χ1v) is 6.32. The zero-order valence-electron chi connectivity index (χ0n) is 10.1. The lowest BCUT2D eigenvalue weighted by Gasteiger charge is -2.19. The molecule has 1 heterocycles. The van der Waals surface area contributed by atoms with Crippen LogP contribution < -0.4 is 0 Å². The highest BCUT2D eigenvalue weighted by molar-refractivity contribution is 5.67. The van der Waals surface area contributed by atoms with E-state index in [0.29, 0.717) is 6.61 Å². The van der Waals surface area contributed by atoms with Gasteiger partial charge in [0.15, 0.2) is 0 Å². The van der Waals surface area contributed by atoms with Gasteiger partial charge >= 0.3 is 6.09 Å². The molecule has 0 bridgehead atoms. The molecule has 0 radical (unpaired) electrons. The zero-order valence-corrected chi connectivity index (χ0v) is 10.1. The first-order chi connectivity index (χ1) is 8.36. The molecule has 1 aliphatic heterocycles. The molecule has 0 aliphatic carbocycles. The maximum Gasteiger partial charge on any atom is 0.410 e. The molecule has 1 aromatic rings. The number of benzene rings is 1. The highest BCUT2D eigenvalue weighted by atomic mass is 16.6. The van der Waals surface area contributed by atoms with E-state index in [1.165, 1.54) is 12.8 Å². The van der Waals surface area contributed by atoms with Gasteiger partial charge in [-0.15, -0.1) is 0 Å². The van der Waals surface area contributed by atoms with Crippen LogP contribution in [-0.4, -0.2) is 24.1 Å². The molecule has 0 unspecified atom stereocenters. The van der Waals surface area contributed by atoms with Crippen molar-refractivity contribution in [2.45, 2.75) is 32.3 Å². The molecule has 0 atom stereocenters. The van der Waals surface area contributed by atoms with Crippen LogP contribution in [0, 0.1) is 0 Å². The van der Waals surface area contributed by atoms with Gasteiger partial charge in [-0.1, -0.05) is 43.2 Å². The largest absolute Gasteiger partial charge is 0.445 e. The van der Waals surface area contributed by atoms with Crippen LogP contribution in [-0.2, 0) is 11.3 Å². The van der Waals surface area contributed by atoms with Gasteiger partial charge in [-0.3, -0.25) is 0 Å². The molecular formula is C14H19NO2. The fraction of sp³-hybridized carbons (Fsp3) is 0.500. The summed E-state index contributed by atoms with van der Waals surface area (Å²) < 4.78 is 5.31. The van der Waals surface area contributed by atoms with Gasteiger partial charge in [0.05, 0.1) is 0 Å². The van der Waals surface area contributed by atoms with Crippen LogP contribution in [0.25, 0.3) is 0 Å². The zero-order chi connectivity index (χ0) is 11.9. The normalized spacial score (nSPS) is 16.4. The van der Waals surface area contributed by atoms with E-state index in [2.05, 4.69) is 0 Å². The first kappa shape index (κ1) is 12.0. The smallest absolute Gasteiger partial charge is 0.410 e. The molecule has 1 fully saturated rings. The minimum atomic E-state index is -0.171. The Bertz CT molecular complexity index is 342. The molecule has 1 aromatic carbocycles. The number of hydrogen-bond acceptors (Lipinski definition) is 2. The third kappa shape index (κ3) is 3.77. The maximum absolute atomic E-state index is 11.8. The Hall–Kier alpha value is -1.51. The standard InChI is InChI=1S/C14H19NO2/c16-14(15-10-6-1-2-7-11-15)17-12-13-8-4-3-5-9-13/h3-5,8-9H,1-2,6-7,10-12H2. The van der Waals surface area contributed by atoms with Crippen molar-refractivity contribution < 1.29 is 9.53 Å². The fourth-order valence-electron chi connectivity index (χ4n) is 2.06. The monoisotopic (exact) mass is 233 g/mol. The summed E-state index contributed by atoms with van der Waals surface area (Å²) >= 11 is 0. The van der Waals surface area contributed by atoms with Gasteiger partial charge in [0, 0.05) is 13.1 Å². The van der Waals surface area contributed by atoms with Gasteiger partial charge in [0.25, 0.3) is 0 Å². The van der Waals surface area contributed by atoms with Crippen molar-refractivity contribution in [3.63, 3.8) is 0 Å². The van der Waals surface area contributed by atoms with E-state index in [1.54, 1.807) is 0 Å². The number of carbonyl (C=O) groups excluding carboxylic acids is 1. The Morgan fingerprint density at radius 1 is 1.06 bits per heavy atom. The van der Waals surface area contributed by atoms with E-state index in [4.69, 9.17) is 4.74 Å². The molecule has 3 nitrogen and oxygen atoms in total. The summed E-state index contributed by atoms with van der Waals surface area (Å²) in [5, 5.41) is 0. The van der Waals surface area contributed by atoms with Crippen molar-refractivity contribution in [2.75, 3.05) is 13.1 Å². The molecule has 1 aliphatic rings. The molecule has 1 amide bonds. The second-order valence-electron chi connectivity index (χ2n) is 4.44. The third-order valence-electron chi connectivity index (χ3n) is 3.07. The number of amides is 1. The van der Waals surface area contributed by atoms with Crippen molar-refractivity contribution in [3.8, 4) is 0 Å². The Morgan fingerprint density at radius 2 is 1.71 bits per heavy atom. The molecule has 0 spiro atoms. The maximum atomic E-state index is 11.8. The SMILES string of the molecule is O=C(OCc1ccccc1)N1CCCCCC1. The molecule has 17 heavy (non-hydrogen) atoms. The lowest BCUT2D eigenvalue weighted by atomic mass is 10.2. The van der Waals surface area contributed by atoms with Crippen LogP contribution in [0.15, 0.2) is 30.3 Å². The van der Waals surface area contributed by atoms with Crippen LogP contribution in [0.5, 0.6) is 0 Å². The van der Waals surface area contributed by atoms with Gasteiger partial charge in [-0.2, -0.15) is 0 Å². The van der Waals surface area contributed by atoms with Crippen LogP contribution in [0.4, 0.5) is 4.79 Å². The van der Waals surface area contributed by atoms with Gasteiger partial charge in [0.1, 0.15) is 6.61 Å². The lowest BCUT2D eigenvalue weighted by molar-refractivity contribution is 0.0974. The summed E-state index contributed by atoms with van der Waals surface area (Å²) in [5.41, 5.74) is 1.04. The number of likely N-dealkylation sites (tertiary alicyclic amines) is 1. The molecule has 92 valence electrons. The number of nitrogens with zero attached hydrogens (tertiary/aromatic N) is 1. The average molecular weight is 233 g/mol. The number of ether oxygens (including phenoxy) is 1. The Kier molecular flexibility index (Phi) is 4.42. The Balaban J connectivity index is 1.80. The van der Waals surface area contributed by atoms with Gasteiger partial charge in [-0.05, 0) is 18.4 Å². The molecule has 0 saturated carbocycles. The summed E-state index contributed by atoms with van der Waals surface area (Å²) in [7, 11) is 0. The predicted molar refractivity (Wildman–Crippen MR) is 66.7 cm³/mol. The van der Waals surface area contributed by atoms with E-state index in [9.17, 15) is 4.79 Å². The van der Waals surface area contributed by atoms with Gasteiger partial charge < -0.3 is 9.64 Å². The van der Waals surface area contributed by atoms with E-state index < -0.39 is 0 Å². The molecule has 2 rings (SSSR count). The topological polar surface area (TPSA) is 29.5 Å². The van der Waals surface area contributed by atoms with E-state index in [0.717, 1.165) is 31.5 Å². The number of carbonyl (C=O) groups is 1. The van der Waals surface area contributed by atoms with E-state index in [-0.39, 0.29) is 6.09 Å². The minimum absolute atomic E-state index is 0.171. The van der Waals surface area contributed by atoms with Gasteiger partial charge in [0.2, 0.25) is 0 Å². The third-order valence-corrected chi connectivity index (χ3v) is 3.07. The van der Waals surface area contributed by atoms with Crippen molar-refractivity contribution >= 4 is 6.09 Å². The van der Waals surface area contributed by atoms with Crippen molar-refractivity contribution in [2.24, 2.45) is 0 Å². The van der Waals surface area contributed by atoms with Crippen LogP contribution in [0.1, 0.15) is 31.2 Å². The summed E-state index contributed by atoms with van der Waals surface area (Å²) in [5.74, 6) is 0. The molecular weight excluding hydrogens is 214 g/mol. The van der Waals surface area contributed by atoms with E-state index in [1.807, 2.05) is 35.2 Å². The Labute approximate surface area is 102 Å². The summed E-state index contributed by atoms with van der Waals surface area (Å²) in [6.07, 6.45) is 4.47. The van der Waals surface area contributed by atoms with Crippen LogP contribution in [0.3, 0.4) is 0 Å². The minimum Gasteiger partial charge on any atom is -0.445 e. The van der Waals surface area contributed by atoms with Crippen molar-refractivity contribution in [1.29, 1.82) is 0 Å². The first-order valence-electron chi connectivity index (χ1n) is 6.32. The average Bonchev–Trinajstić information content (AvgIpc) is 2.66. The molecule has 0 N–H and O–H groups in total. The molecule has 0 aromatic heterocycles. The second-order valence-corrected chi connectivity index (χ2v) is 4.44. The van der Waals surface area contributed by atoms with Crippen molar-refractivity contribution in [1.82, 2.24) is 4.90 Å². The highest BCUT2D eigenvalue weighted by Gasteiger charge is 2.16. The fourth-order valence-corrected chi connectivity index (χ4v) is 2.06. The van der Waals surface area contributed by atoms with Crippen LogP contribution in [0.2, 0.25) is 0 Å². The van der Waals surface area contributed by atoms with E-state index >= 15 is 0 Å². The predicted octanol–water partition coefficient (Wildman–Crippen LogP) is 3.20. The Morgan fingerprint density at radius 3 is 2.35 bits per heavy atom. The summed E-state index contributed by atoms with van der Waals surface area (Å²) in [6, 6.07) is 9.80. The lowest BCUT2D eigenvalue weighted by Crippen LogP contribution is -2.32. The summed E-state index contributed by atoms with van der Waals surface area (Å²) in [4.78, 5) is 13.7. The quantitative estimate of drug-likeness (QED) is 0.785. The number of hydrogen-bond donors (Lipinski definition) is 0. The summed E-state index contributed by atoms with van der Waals surface area (Å²) in [6.45, 7) is 2.05. The molecule has 1 saturated heterocycles. The molecule has 3 heteroatoms. The highest BCUT2D eigenvalue weighted by Crippen LogP contribution is 2.11. The van der Waals surface area contributed by atoms with Gasteiger partial charge in [-0.25, -0.2) is 4.79 Å². The van der Waals surface area contributed by atoms with Crippen molar-refractivity contribution in [3.05, 3.63) is 35.9 Å². The second kappa shape index (κ2) is 6.28.